The second kappa shape index (κ2) is 11.7. The number of carbonyl (C=O) groups is 2. The number of anilines is 1. The summed E-state index contributed by atoms with van der Waals surface area (Å²) in [6, 6.07) is 9.84. The molecule has 0 atom stereocenters. The molecule has 1 N–H and O–H groups in total. The summed E-state index contributed by atoms with van der Waals surface area (Å²) in [5, 5.41) is 9.63. The van der Waals surface area contributed by atoms with Crippen molar-refractivity contribution in [3.63, 3.8) is 0 Å². The number of rotatable bonds is 4. The van der Waals surface area contributed by atoms with E-state index in [0.717, 1.165) is 49.8 Å². The van der Waals surface area contributed by atoms with Crippen molar-refractivity contribution in [1.29, 1.82) is 0 Å². The van der Waals surface area contributed by atoms with Gasteiger partial charge in [0.05, 0.1) is 17.3 Å². The molecule has 1 aromatic carbocycles. The summed E-state index contributed by atoms with van der Waals surface area (Å²) < 4.78 is 13.8. The van der Waals surface area contributed by atoms with E-state index in [0.29, 0.717) is 30.9 Å². The fraction of sp³-hybridized carbons (Fsp3) is 0.333. The van der Waals surface area contributed by atoms with E-state index < -0.39 is 11.8 Å². The van der Waals surface area contributed by atoms with Crippen molar-refractivity contribution in [3.8, 4) is 0 Å². The van der Waals surface area contributed by atoms with Crippen LogP contribution in [0, 0.1) is 5.82 Å². The molecule has 182 valence electrons. The minimum absolute atomic E-state index is 0.164. The fourth-order valence-corrected chi connectivity index (χ4v) is 4.48. The molecule has 0 spiro atoms. The third kappa shape index (κ3) is 6.48. The third-order valence-electron chi connectivity index (χ3n) is 6.19. The van der Waals surface area contributed by atoms with Gasteiger partial charge in [0.25, 0.3) is 5.91 Å². The van der Waals surface area contributed by atoms with Gasteiger partial charge in [0, 0.05) is 43.9 Å². The Labute approximate surface area is 204 Å². The van der Waals surface area contributed by atoms with Gasteiger partial charge < -0.3 is 10.0 Å². The molecule has 0 radical (unpaired) electrons. The molecule has 0 bridgehead atoms. The molecular weight excluding hydrogens is 447 g/mol. The minimum atomic E-state index is -1.02. The Morgan fingerprint density at radius 1 is 0.914 bits per heavy atom. The van der Waals surface area contributed by atoms with Crippen molar-refractivity contribution in [2.75, 3.05) is 18.0 Å². The zero-order valence-corrected chi connectivity index (χ0v) is 19.6. The number of aromatic carboxylic acids is 1. The van der Waals surface area contributed by atoms with E-state index in [1.165, 1.54) is 18.3 Å². The molecule has 0 saturated carbocycles. The van der Waals surface area contributed by atoms with Gasteiger partial charge in [-0.3, -0.25) is 19.7 Å². The summed E-state index contributed by atoms with van der Waals surface area (Å²) in [5.41, 5.74) is 2.82. The summed E-state index contributed by atoms with van der Waals surface area (Å²) in [7, 11) is 0. The van der Waals surface area contributed by atoms with Crippen molar-refractivity contribution in [2.24, 2.45) is 0 Å². The Morgan fingerprint density at radius 3 is 2.46 bits per heavy atom. The first kappa shape index (κ1) is 24.5. The van der Waals surface area contributed by atoms with Crippen LogP contribution in [0.15, 0.2) is 61.2 Å². The SMILES string of the molecule is O=C(O)c1ccc2c(c1)CN(Cc1cncc(F)c1)CCCCCCCN2C(=O)c1cccnc1. The van der Waals surface area contributed by atoms with Crippen LogP contribution in [0.4, 0.5) is 10.1 Å². The van der Waals surface area contributed by atoms with Crippen LogP contribution in [0.5, 0.6) is 0 Å². The maximum absolute atomic E-state index is 13.8. The lowest BCUT2D eigenvalue weighted by atomic mass is 10.0. The van der Waals surface area contributed by atoms with Crippen LogP contribution in [0.25, 0.3) is 0 Å². The van der Waals surface area contributed by atoms with Crippen molar-refractivity contribution >= 4 is 17.6 Å². The maximum Gasteiger partial charge on any atom is 0.335 e. The maximum atomic E-state index is 13.8. The molecule has 7 nitrogen and oxygen atoms in total. The highest BCUT2D eigenvalue weighted by Crippen LogP contribution is 2.28. The van der Waals surface area contributed by atoms with Crippen LogP contribution in [-0.4, -0.2) is 44.9 Å². The molecule has 2 aromatic heterocycles. The van der Waals surface area contributed by atoms with Gasteiger partial charge in [0.1, 0.15) is 5.82 Å². The van der Waals surface area contributed by atoms with Crippen LogP contribution in [0.2, 0.25) is 0 Å². The second-order valence-corrected chi connectivity index (χ2v) is 8.84. The van der Waals surface area contributed by atoms with E-state index in [9.17, 15) is 19.1 Å². The Morgan fingerprint density at radius 2 is 1.71 bits per heavy atom. The summed E-state index contributed by atoms with van der Waals surface area (Å²) in [6.07, 6.45) is 10.9. The molecule has 3 heterocycles. The molecular formula is C27H29FN4O3. The molecule has 1 amide bonds. The van der Waals surface area contributed by atoms with Crippen LogP contribution >= 0.6 is 0 Å². The first-order chi connectivity index (χ1) is 17.0. The van der Waals surface area contributed by atoms with Gasteiger partial charge in [-0.1, -0.05) is 19.3 Å². The molecule has 3 aromatic rings. The number of hydrogen-bond donors (Lipinski definition) is 1. The van der Waals surface area contributed by atoms with Gasteiger partial charge in [-0.05, 0) is 66.9 Å². The standard InChI is InChI=1S/C27H29FN4O3/c28-24-13-20(15-30-17-24)18-31-11-4-2-1-3-5-12-32(26(33)22-7-6-10-29-16-22)25-9-8-21(27(34)35)14-23(25)19-31/h6-10,13-17H,1-5,11-12,18-19H2,(H,34,35). The molecule has 0 saturated heterocycles. The number of nitrogens with zero attached hydrogens (tertiary/aromatic N) is 4. The number of benzene rings is 1. The van der Waals surface area contributed by atoms with E-state index in [1.807, 2.05) is 0 Å². The first-order valence-corrected chi connectivity index (χ1v) is 11.9. The van der Waals surface area contributed by atoms with Gasteiger partial charge in [0.2, 0.25) is 0 Å². The highest BCUT2D eigenvalue weighted by atomic mass is 19.1. The Bertz CT molecular complexity index is 1170. The molecule has 0 aliphatic carbocycles. The first-order valence-electron chi connectivity index (χ1n) is 11.9. The van der Waals surface area contributed by atoms with Gasteiger partial charge >= 0.3 is 5.97 Å². The van der Waals surface area contributed by atoms with Crippen molar-refractivity contribution < 1.29 is 19.1 Å². The monoisotopic (exact) mass is 476 g/mol. The zero-order chi connectivity index (χ0) is 24.6. The van der Waals surface area contributed by atoms with E-state index in [4.69, 9.17) is 0 Å². The lowest BCUT2D eigenvalue weighted by molar-refractivity contribution is 0.0696. The number of carbonyl (C=O) groups excluding carboxylic acids is 1. The normalized spacial score (nSPS) is 15.5. The van der Waals surface area contributed by atoms with Crippen LogP contribution in [-0.2, 0) is 13.1 Å². The Kier molecular flexibility index (Phi) is 8.15. The number of amides is 1. The molecule has 4 rings (SSSR count). The van der Waals surface area contributed by atoms with Gasteiger partial charge in [0.15, 0.2) is 0 Å². The summed E-state index contributed by atoms with van der Waals surface area (Å²) in [6.45, 7) is 2.19. The smallest absolute Gasteiger partial charge is 0.335 e. The molecule has 0 unspecified atom stereocenters. The topological polar surface area (TPSA) is 86.6 Å². The number of halogens is 1. The molecule has 1 aliphatic heterocycles. The summed E-state index contributed by atoms with van der Waals surface area (Å²) in [5.74, 6) is -1.58. The van der Waals surface area contributed by atoms with Crippen LogP contribution in [0.1, 0.15) is 63.9 Å². The van der Waals surface area contributed by atoms with Crippen molar-refractivity contribution in [1.82, 2.24) is 14.9 Å². The minimum Gasteiger partial charge on any atom is -0.478 e. The number of fused-ring (bicyclic) bond motifs is 1. The highest BCUT2D eigenvalue weighted by molar-refractivity contribution is 6.06. The van der Waals surface area contributed by atoms with Gasteiger partial charge in [-0.2, -0.15) is 0 Å². The van der Waals surface area contributed by atoms with E-state index >= 15 is 0 Å². The van der Waals surface area contributed by atoms with E-state index in [-0.39, 0.29) is 11.5 Å². The third-order valence-corrected chi connectivity index (χ3v) is 6.19. The lowest BCUT2D eigenvalue weighted by Gasteiger charge is -2.29. The van der Waals surface area contributed by atoms with Gasteiger partial charge in [-0.15, -0.1) is 0 Å². The lowest BCUT2D eigenvalue weighted by Crippen LogP contribution is -2.34. The summed E-state index contributed by atoms with van der Waals surface area (Å²) in [4.78, 5) is 37.2. The number of hydrogen-bond acceptors (Lipinski definition) is 5. The van der Waals surface area contributed by atoms with E-state index in [1.54, 1.807) is 47.8 Å². The van der Waals surface area contributed by atoms with Gasteiger partial charge in [-0.25, -0.2) is 9.18 Å². The fourth-order valence-electron chi connectivity index (χ4n) is 4.48. The van der Waals surface area contributed by atoms with Crippen LogP contribution < -0.4 is 4.90 Å². The highest BCUT2D eigenvalue weighted by Gasteiger charge is 2.23. The second-order valence-electron chi connectivity index (χ2n) is 8.84. The number of carboxylic acid groups (broad SMARTS) is 1. The van der Waals surface area contributed by atoms with Crippen molar-refractivity contribution in [2.45, 2.75) is 45.2 Å². The quantitative estimate of drug-likeness (QED) is 0.575. The number of aromatic nitrogens is 2. The summed E-state index contributed by atoms with van der Waals surface area (Å²) >= 11 is 0. The predicted molar refractivity (Wildman–Crippen MR) is 131 cm³/mol. The Hall–Kier alpha value is -3.65. The van der Waals surface area contributed by atoms with Crippen LogP contribution in [0.3, 0.4) is 0 Å². The zero-order valence-electron chi connectivity index (χ0n) is 19.6. The molecule has 1 aliphatic rings. The molecule has 8 heteroatoms. The Balaban J connectivity index is 1.73. The molecule has 0 fully saturated rings. The van der Waals surface area contributed by atoms with Crippen molar-refractivity contribution in [3.05, 3.63) is 89.3 Å². The van der Waals surface area contributed by atoms with E-state index in [2.05, 4.69) is 14.9 Å². The number of pyridine rings is 2. The largest absolute Gasteiger partial charge is 0.478 e. The molecule has 35 heavy (non-hydrogen) atoms. The average molecular weight is 477 g/mol. The average Bonchev–Trinajstić information content (AvgIpc) is 2.85. The predicted octanol–water partition coefficient (Wildman–Crippen LogP) is 4.93. The number of carboxylic acids is 1.